The third kappa shape index (κ3) is 3.19. The molecule has 216 valence electrons. The molecule has 10 rings (SSSR count). The zero-order chi connectivity index (χ0) is 30.5. The Kier molecular flexibility index (Phi) is 5.23. The zero-order valence-corrected chi connectivity index (χ0v) is 25.7. The van der Waals surface area contributed by atoms with Crippen LogP contribution in [0.25, 0.3) is 44.2 Å². The summed E-state index contributed by atoms with van der Waals surface area (Å²) in [6.45, 7) is 0. The molecular formula is C43H27O2P. The summed E-state index contributed by atoms with van der Waals surface area (Å²) in [4.78, 5) is 0. The number of furan rings is 1. The van der Waals surface area contributed by atoms with Crippen LogP contribution in [0.2, 0.25) is 0 Å². The zero-order valence-electron chi connectivity index (χ0n) is 24.9. The lowest BCUT2D eigenvalue weighted by Crippen LogP contribution is -2.25. The van der Waals surface area contributed by atoms with Gasteiger partial charge >= 0.3 is 0 Å². The molecule has 0 fully saturated rings. The van der Waals surface area contributed by atoms with E-state index >= 15 is 4.57 Å². The van der Waals surface area contributed by atoms with Crippen LogP contribution in [-0.2, 0) is 9.98 Å². The van der Waals surface area contributed by atoms with Crippen LogP contribution in [0.3, 0.4) is 0 Å². The molecule has 0 saturated heterocycles. The molecule has 0 unspecified atom stereocenters. The quantitative estimate of drug-likeness (QED) is 0.188. The normalized spacial score (nSPS) is 13.9. The fraction of sp³-hybridized carbons (Fsp3) is 0.0233. The fourth-order valence-electron chi connectivity index (χ4n) is 8.27. The summed E-state index contributed by atoms with van der Waals surface area (Å²) >= 11 is 0. The SMILES string of the molecule is O=P(c1ccccc1)(c1ccccc1)c1ccc2oc3cc4c(cc3c2c1)C1(c2ccccc2-c2ccccc21)c1ccccc1-4. The molecule has 1 heterocycles. The molecule has 2 aliphatic rings. The van der Waals surface area contributed by atoms with Crippen molar-refractivity contribution in [3.05, 3.63) is 186 Å². The van der Waals surface area contributed by atoms with Gasteiger partial charge in [0.15, 0.2) is 7.14 Å². The van der Waals surface area contributed by atoms with Gasteiger partial charge in [-0.25, -0.2) is 0 Å². The van der Waals surface area contributed by atoms with Crippen molar-refractivity contribution in [2.24, 2.45) is 0 Å². The average molecular weight is 607 g/mol. The van der Waals surface area contributed by atoms with Gasteiger partial charge in [-0.1, -0.05) is 133 Å². The molecule has 7 aromatic carbocycles. The summed E-state index contributed by atoms with van der Waals surface area (Å²) in [5, 5.41) is 4.46. The van der Waals surface area contributed by atoms with Crippen LogP contribution < -0.4 is 15.9 Å². The average Bonchev–Trinajstić information content (AvgIpc) is 3.74. The van der Waals surface area contributed by atoms with E-state index in [1.165, 1.54) is 44.5 Å². The Morgan fingerprint density at radius 3 is 1.43 bits per heavy atom. The second kappa shape index (κ2) is 9.30. The molecule has 3 heteroatoms. The maximum Gasteiger partial charge on any atom is 0.171 e. The van der Waals surface area contributed by atoms with Gasteiger partial charge in [-0.05, 0) is 74.8 Å². The molecule has 8 aromatic rings. The maximum atomic E-state index is 15.3. The molecule has 0 atom stereocenters. The highest BCUT2D eigenvalue weighted by Gasteiger charge is 2.51. The highest BCUT2D eigenvalue weighted by molar-refractivity contribution is 7.85. The Bertz CT molecular complexity index is 2470. The van der Waals surface area contributed by atoms with Gasteiger partial charge < -0.3 is 8.98 Å². The van der Waals surface area contributed by atoms with E-state index in [9.17, 15) is 0 Å². The van der Waals surface area contributed by atoms with Crippen LogP contribution in [0.15, 0.2) is 168 Å². The summed E-state index contributed by atoms with van der Waals surface area (Å²) in [7, 11) is -3.15. The first kappa shape index (κ1) is 25.9. The van der Waals surface area contributed by atoms with Crippen LogP contribution >= 0.6 is 7.14 Å². The number of fused-ring (bicyclic) bond motifs is 13. The number of rotatable bonds is 3. The van der Waals surface area contributed by atoms with E-state index < -0.39 is 12.6 Å². The third-order valence-corrected chi connectivity index (χ3v) is 13.2. The van der Waals surface area contributed by atoms with Gasteiger partial charge in [-0.2, -0.15) is 0 Å². The number of hydrogen-bond acceptors (Lipinski definition) is 2. The molecule has 2 aliphatic carbocycles. The topological polar surface area (TPSA) is 30.2 Å². The minimum atomic E-state index is -3.15. The second-order valence-corrected chi connectivity index (χ2v) is 15.1. The van der Waals surface area contributed by atoms with E-state index in [4.69, 9.17) is 4.42 Å². The Morgan fingerprint density at radius 1 is 0.391 bits per heavy atom. The van der Waals surface area contributed by atoms with Crippen molar-refractivity contribution >= 4 is 45.0 Å². The van der Waals surface area contributed by atoms with E-state index in [1.54, 1.807) is 0 Å². The van der Waals surface area contributed by atoms with E-state index in [2.05, 4.69) is 91.0 Å². The van der Waals surface area contributed by atoms with Crippen molar-refractivity contribution in [1.29, 1.82) is 0 Å². The maximum absolute atomic E-state index is 15.3. The van der Waals surface area contributed by atoms with Gasteiger partial charge in [0.25, 0.3) is 0 Å². The lowest BCUT2D eigenvalue weighted by Gasteiger charge is -2.30. The molecule has 0 amide bonds. The summed E-state index contributed by atoms with van der Waals surface area (Å²) in [6.07, 6.45) is 0. The highest BCUT2D eigenvalue weighted by atomic mass is 31.2. The molecule has 2 nitrogen and oxygen atoms in total. The summed E-state index contributed by atoms with van der Waals surface area (Å²) in [6, 6.07) is 57.0. The van der Waals surface area contributed by atoms with Crippen molar-refractivity contribution in [3.63, 3.8) is 0 Å². The van der Waals surface area contributed by atoms with Crippen LogP contribution in [0.5, 0.6) is 0 Å². The van der Waals surface area contributed by atoms with Gasteiger partial charge in [0.05, 0.1) is 5.41 Å². The van der Waals surface area contributed by atoms with Crippen molar-refractivity contribution in [3.8, 4) is 22.3 Å². The van der Waals surface area contributed by atoms with Crippen molar-refractivity contribution in [2.45, 2.75) is 5.41 Å². The van der Waals surface area contributed by atoms with E-state index in [-0.39, 0.29) is 0 Å². The monoisotopic (exact) mass is 606 g/mol. The first-order chi connectivity index (χ1) is 22.7. The highest BCUT2D eigenvalue weighted by Crippen LogP contribution is 2.63. The Labute approximate surface area is 267 Å². The molecule has 1 aromatic heterocycles. The molecule has 46 heavy (non-hydrogen) atoms. The van der Waals surface area contributed by atoms with Crippen molar-refractivity contribution in [2.75, 3.05) is 0 Å². The first-order valence-corrected chi connectivity index (χ1v) is 17.4. The van der Waals surface area contributed by atoms with E-state index in [0.717, 1.165) is 37.9 Å². The van der Waals surface area contributed by atoms with Gasteiger partial charge in [-0.15, -0.1) is 0 Å². The fourth-order valence-corrected chi connectivity index (χ4v) is 10.9. The minimum absolute atomic E-state index is 0.433. The van der Waals surface area contributed by atoms with Crippen LogP contribution in [0.4, 0.5) is 0 Å². The number of benzene rings is 7. The van der Waals surface area contributed by atoms with Gasteiger partial charge in [0.1, 0.15) is 11.2 Å². The predicted octanol–water partition coefficient (Wildman–Crippen LogP) is 9.57. The predicted molar refractivity (Wildman–Crippen MR) is 189 cm³/mol. The summed E-state index contributed by atoms with van der Waals surface area (Å²) in [5.74, 6) is 0. The largest absolute Gasteiger partial charge is 0.456 e. The molecule has 0 bridgehead atoms. The van der Waals surface area contributed by atoms with Gasteiger partial charge in [-0.3, -0.25) is 0 Å². The Balaban J connectivity index is 1.28. The first-order valence-electron chi connectivity index (χ1n) is 15.7. The van der Waals surface area contributed by atoms with Crippen molar-refractivity contribution in [1.82, 2.24) is 0 Å². The number of hydrogen-bond donors (Lipinski definition) is 0. The summed E-state index contributed by atoms with van der Waals surface area (Å²) in [5.41, 5.74) is 11.4. The second-order valence-electron chi connectivity index (χ2n) is 12.3. The molecule has 0 saturated carbocycles. The molecule has 0 radical (unpaired) electrons. The molecule has 0 N–H and O–H groups in total. The summed E-state index contributed by atoms with van der Waals surface area (Å²) < 4.78 is 21.9. The van der Waals surface area contributed by atoms with E-state index in [1.807, 2.05) is 72.8 Å². The Hall–Kier alpha value is -5.43. The molecule has 0 aliphatic heterocycles. The van der Waals surface area contributed by atoms with Crippen LogP contribution in [0.1, 0.15) is 22.3 Å². The standard InChI is InChI=1S/C43H27O2P/c44-46(28-13-3-1-4-14-28,29-15-5-2-6-16-29)30-23-24-41-35(25-30)36-26-40-34(27-42(36)45-41)33-19-9-12-22-39(33)43(40)37-20-10-7-17-31(37)32-18-8-11-21-38(32)43/h1-27H. The third-order valence-electron chi connectivity index (χ3n) is 10.2. The molecular weight excluding hydrogens is 579 g/mol. The molecule has 1 spiro atoms. The van der Waals surface area contributed by atoms with Crippen LogP contribution in [0, 0.1) is 0 Å². The van der Waals surface area contributed by atoms with E-state index in [0.29, 0.717) is 0 Å². The Morgan fingerprint density at radius 2 is 0.870 bits per heavy atom. The lowest BCUT2D eigenvalue weighted by atomic mass is 9.70. The van der Waals surface area contributed by atoms with Crippen LogP contribution in [-0.4, -0.2) is 0 Å². The van der Waals surface area contributed by atoms with Crippen molar-refractivity contribution < 1.29 is 8.98 Å². The smallest absolute Gasteiger partial charge is 0.171 e. The van der Waals surface area contributed by atoms with Gasteiger partial charge in [0.2, 0.25) is 0 Å². The van der Waals surface area contributed by atoms with Gasteiger partial charge in [0, 0.05) is 26.7 Å². The minimum Gasteiger partial charge on any atom is -0.456 e. The lowest BCUT2D eigenvalue weighted by molar-refractivity contribution is 0.592.